The predicted octanol–water partition coefficient (Wildman–Crippen LogP) is 2.78. The molecule has 90 valence electrons. The van der Waals surface area contributed by atoms with Crippen LogP contribution < -0.4 is 10.5 Å². The molecule has 0 aliphatic rings. The molecule has 0 bridgehead atoms. The highest BCUT2D eigenvalue weighted by molar-refractivity contribution is 7.09. The maximum absolute atomic E-state index is 6.18. The average Bonchev–Trinajstić information content (AvgIpc) is 2.89. The monoisotopic (exact) mass is 248 g/mol. The van der Waals surface area contributed by atoms with Gasteiger partial charge in [-0.2, -0.15) is 0 Å². The highest BCUT2D eigenvalue weighted by Gasteiger charge is 2.11. The summed E-state index contributed by atoms with van der Waals surface area (Å²) in [6.45, 7) is 0. The van der Waals surface area contributed by atoms with E-state index in [9.17, 15) is 0 Å². The van der Waals surface area contributed by atoms with Crippen LogP contribution in [0.2, 0.25) is 0 Å². The van der Waals surface area contributed by atoms with Gasteiger partial charge in [0, 0.05) is 22.7 Å². The van der Waals surface area contributed by atoms with E-state index >= 15 is 0 Å². The summed E-state index contributed by atoms with van der Waals surface area (Å²) in [6, 6.07) is 6.13. The van der Waals surface area contributed by atoms with Gasteiger partial charge in [-0.15, -0.1) is 11.3 Å². The number of methoxy groups -OCH3 is 1. The Hall–Kier alpha value is -1.39. The lowest BCUT2D eigenvalue weighted by atomic mass is 10.0. The summed E-state index contributed by atoms with van der Waals surface area (Å²) in [5.41, 5.74) is 7.21. The summed E-state index contributed by atoms with van der Waals surface area (Å²) in [5.74, 6) is 0.770. The van der Waals surface area contributed by atoms with Crippen LogP contribution in [0.15, 0.2) is 36.0 Å². The molecule has 0 saturated heterocycles. The normalized spacial score (nSPS) is 12.4. The number of nitrogens with zero attached hydrogens (tertiary/aromatic N) is 1. The van der Waals surface area contributed by atoms with Crippen LogP contribution in [-0.2, 0) is 6.42 Å². The van der Waals surface area contributed by atoms with Crippen molar-refractivity contribution in [3.63, 3.8) is 0 Å². The van der Waals surface area contributed by atoms with Crippen molar-refractivity contribution in [1.29, 1.82) is 0 Å². The minimum atomic E-state index is -0.00458. The fourth-order valence-corrected chi connectivity index (χ4v) is 2.50. The molecular weight excluding hydrogens is 232 g/mol. The third-order valence-corrected chi connectivity index (χ3v) is 3.65. The second kappa shape index (κ2) is 5.80. The number of nitrogens with two attached hydrogens (primary N) is 1. The largest absolute Gasteiger partial charge is 0.495 e. The second-order valence-corrected chi connectivity index (χ2v) is 4.87. The van der Waals surface area contributed by atoms with Crippen molar-refractivity contribution < 1.29 is 4.74 Å². The van der Waals surface area contributed by atoms with Crippen molar-refractivity contribution in [2.24, 2.45) is 5.73 Å². The molecule has 2 aromatic heterocycles. The lowest BCUT2D eigenvalue weighted by Crippen LogP contribution is -2.12. The predicted molar refractivity (Wildman–Crippen MR) is 70.4 cm³/mol. The minimum absolute atomic E-state index is 0.00458. The summed E-state index contributed by atoms with van der Waals surface area (Å²) < 4.78 is 5.26. The van der Waals surface area contributed by atoms with Crippen molar-refractivity contribution >= 4 is 11.3 Å². The van der Waals surface area contributed by atoms with Crippen molar-refractivity contribution in [2.45, 2.75) is 18.9 Å². The van der Waals surface area contributed by atoms with Crippen LogP contribution in [0.25, 0.3) is 0 Å². The molecule has 0 aliphatic carbocycles. The topological polar surface area (TPSA) is 48.1 Å². The number of aryl methyl sites for hydroxylation is 1. The first kappa shape index (κ1) is 12.1. The van der Waals surface area contributed by atoms with Gasteiger partial charge in [-0.05, 0) is 30.4 Å². The Kier molecular flexibility index (Phi) is 4.12. The molecule has 0 radical (unpaired) electrons. The zero-order valence-electron chi connectivity index (χ0n) is 9.80. The zero-order chi connectivity index (χ0) is 12.1. The molecule has 0 aliphatic heterocycles. The van der Waals surface area contributed by atoms with E-state index in [1.165, 1.54) is 4.88 Å². The molecule has 1 atom stereocenters. The first-order valence-corrected chi connectivity index (χ1v) is 6.45. The van der Waals surface area contributed by atoms with Crippen LogP contribution in [0.1, 0.15) is 22.9 Å². The lowest BCUT2D eigenvalue weighted by Gasteiger charge is -2.14. The summed E-state index contributed by atoms with van der Waals surface area (Å²) in [7, 11) is 1.65. The van der Waals surface area contributed by atoms with Crippen molar-refractivity contribution in [3.8, 4) is 5.75 Å². The summed E-state index contributed by atoms with van der Waals surface area (Å²) in [6.07, 6.45) is 5.38. The highest BCUT2D eigenvalue weighted by atomic mass is 32.1. The molecule has 4 heteroatoms. The van der Waals surface area contributed by atoms with Crippen molar-refractivity contribution in [2.75, 3.05) is 7.11 Å². The van der Waals surface area contributed by atoms with Crippen LogP contribution in [0.3, 0.4) is 0 Å². The Morgan fingerprint density at radius 1 is 1.47 bits per heavy atom. The second-order valence-electron chi connectivity index (χ2n) is 3.84. The molecule has 2 N–H and O–H groups in total. The van der Waals surface area contributed by atoms with Crippen LogP contribution in [0.4, 0.5) is 0 Å². The number of ether oxygens (including phenoxy) is 1. The molecule has 2 aromatic rings. The Morgan fingerprint density at radius 3 is 3.06 bits per heavy atom. The van der Waals surface area contributed by atoms with Gasteiger partial charge in [-0.3, -0.25) is 4.98 Å². The van der Waals surface area contributed by atoms with Gasteiger partial charge < -0.3 is 10.5 Å². The quantitative estimate of drug-likeness (QED) is 0.885. The maximum atomic E-state index is 6.18. The van der Waals surface area contributed by atoms with Crippen LogP contribution >= 0.6 is 11.3 Å². The van der Waals surface area contributed by atoms with Gasteiger partial charge in [-0.25, -0.2) is 0 Å². The highest BCUT2D eigenvalue weighted by Crippen LogP contribution is 2.25. The van der Waals surface area contributed by atoms with E-state index in [0.717, 1.165) is 24.2 Å². The van der Waals surface area contributed by atoms with Crippen LogP contribution in [0, 0.1) is 0 Å². The zero-order valence-corrected chi connectivity index (χ0v) is 10.6. The van der Waals surface area contributed by atoms with Crippen LogP contribution in [-0.4, -0.2) is 12.1 Å². The van der Waals surface area contributed by atoms with E-state index < -0.39 is 0 Å². The third-order valence-electron chi connectivity index (χ3n) is 2.72. The van der Waals surface area contributed by atoms with Gasteiger partial charge in [0.1, 0.15) is 5.75 Å². The maximum Gasteiger partial charge on any atom is 0.141 e. The molecule has 1 unspecified atom stereocenters. The standard InChI is InChI=1S/C13H16N2OS/c1-16-13-9-15-7-6-11(13)12(14)5-4-10-3-2-8-17-10/h2-3,6-9,12H,4-5,14H2,1H3. The van der Waals surface area contributed by atoms with Gasteiger partial charge in [-0.1, -0.05) is 6.07 Å². The van der Waals surface area contributed by atoms with Crippen molar-refractivity contribution in [1.82, 2.24) is 4.98 Å². The molecule has 0 spiro atoms. The number of rotatable bonds is 5. The number of pyridine rings is 1. The summed E-state index contributed by atoms with van der Waals surface area (Å²) in [4.78, 5) is 5.40. The van der Waals surface area contributed by atoms with Gasteiger partial charge in [0.25, 0.3) is 0 Å². The van der Waals surface area contributed by atoms with Gasteiger partial charge in [0.05, 0.1) is 13.3 Å². The first-order valence-electron chi connectivity index (χ1n) is 5.57. The van der Waals surface area contributed by atoms with Gasteiger partial charge in [0.15, 0.2) is 0 Å². The molecule has 2 rings (SSSR count). The van der Waals surface area contributed by atoms with E-state index in [4.69, 9.17) is 10.5 Å². The van der Waals surface area contributed by atoms with E-state index in [1.807, 2.05) is 6.07 Å². The third kappa shape index (κ3) is 3.05. The van der Waals surface area contributed by atoms with E-state index in [1.54, 1.807) is 30.8 Å². The molecular formula is C13H16N2OS. The number of thiophene rings is 1. The summed E-state index contributed by atoms with van der Waals surface area (Å²) in [5, 5.41) is 2.09. The molecule has 0 fully saturated rings. The number of hydrogen-bond acceptors (Lipinski definition) is 4. The molecule has 2 heterocycles. The minimum Gasteiger partial charge on any atom is -0.495 e. The first-order chi connectivity index (χ1) is 8.31. The van der Waals surface area contributed by atoms with Crippen LogP contribution in [0.5, 0.6) is 5.75 Å². The fraction of sp³-hybridized carbons (Fsp3) is 0.308. The van der Waals surface area contributed by atoms with Crippen molar-refractivity contribution in [3.05, 3.63) is 46.4 Å². The molecule has 0 amide bonds. The lowest BCUT2D eigenvalue weighted by molar-refractivity contribution is 0.402. The Balaban J connectivity index is 2.01. The molecule has 17 heavy (non-hydrogen) atoms. The van der Waals surface area contributed by atoms with E-state index in [-0.39, 0.29) is 6.04 Å². The average molecular weight is 248 g/mol. The Labute approximate surface area is 105 Å². The Bertz CT molecular complexity index is 456. The smallest absolute Gasteiger partial charge is 0.141 e. The molecule has 0 aromatic carbocycles. The molecule has 3 nitrogen and oxygen atoms in total. The van der Waals surface area contributed by atoms with E-state index in [0.29, 0.717) is 0 Å². The van der Waals surface area contributed by atoms with E-state index in [2.05, 4.69) is 22.5 Å². The number of aromatic nitrogens is 1. The summed E-state index contributed by atoms with van der Waals surface area (Å²) >= 11 is 1.77. The fourth-order valence-electron chi connectivity index (χ4n) is 1.78. The van der Waals surface area contributed by atoms with Gasteiger partial charge >= 0.3 is 0 Å². The SMILES string of the molecule is COc1cnccc1C(N)CCc1cccs1. The van der Waals surface area contributed by atoms with Gasteiger partial charge in [0.2, 0.25) is 0 Å². The Morgan fingerprint density at radius 2 is 2.35 bits per heavy atom. The molecule has 0 saturated carbocycles. The number of hydrogen-bond donors (Lipinski definition) is 1.